The van der Waals surface area contributed by atoms with Gasteiger partial charge in [-0.25, -0.2) is 9.97 Å². The van der Waals surface area contributed by atoms with Crippen LogP contribution < -0.4 is 5.73 Å². The van der Waals surface area contributed by atoms with Gasteiger partial charge in [-0.1, -0.05) is 0 Å². The molecule has 3 rings (SSSR count). The highest BCUT2D eigenvalue weighted by atomic mass is 79.9. The van der Waals surface area contributed by atoms with Crippen molar-refractivity contribution in [2.75, 3.05) is 12.3 Å². The molecule has 0 bridgehead atoms. The fourth-order valence-electron chi connectivity index (χ4n) is 3.36. The number of esters is 3. The Kier molecular flexibility index (Phi) is 6.42. The normalized spacial score (nSPS) is 22.7. The Morgan fingerprint density at radius 3 is 2.42 bits per heavy atom. The first kappa shape index (κ1) is 22.4. The number of ether oxygens (including phenoxy) is 4. The number of aromatic nitrogens is 3. The fraction of sp³-hybridized carbons (Fsp3) is 0.444. The summed E-state index contributed by atoms with van der Waals surface area (Å²) in [6, 6.07) is 2.03. The van der Waals surface area contributed by atoms with E-state index in [0.29, 0.717) is 0 Å². The average Bonchev–Trinajstić information content (AvgIpc) is 3.14. The third-order valence-electron chi connectivity index (χ3n) is 4.46. The zero-order valence-corrected chi connectivity index (χ0v) is 18.3. The summed E-state index contributed by atoms with van der Waals surface area (Å²) in [6.07, 6.45) is -3.09. The minimum atomic E-state index is -1.14. The monoisotopic (exact) mass is 495 g/mol. The lowest BCUT2D eigenvalue weighted by molar-refractivity contribution is -0.166. The first-order valence-electron chi connectivity index (χ1n) is 8.98. The number of nitriles is 1. The summed E-state index contributed by atoms with van der Waals surface area (Å²) < 4.78 is 23.5. The maximum absolute atomic E-state index is 11.8. The van der Waals surface area contributed by atoms with Crippen LogP contribution in [0.1, 0.15) is 32.6 Å². The highest BCUT2D eigenvalue weighted by Gasteiger charge is 2.51. The number of rotatable bonds is 5. The zero-order chi connectivity index (χ0) is 22.9. The van der Waals surface area contributed by atoms with Gasteiger partial charge in [0, 0.05) is 20.8 Å². The van der Waals surface area contributed by atoms with Crippen LogP contribution in [0.4, 0.5) is 5.82 Å². The molecule has 3 heterocycles. The molecule has 1 saturated heterocycles. The van der Waals surface area contributed by atoms with E-state index in [1.807, 2.05) is 6.07 Å². The van der Waals surface area contributed by atoms with Crippen LogP contribution >= 0.6 is 15.9 Å². The molecule has 164 valence electrons. The van der Waals surface area contributed by atoms with Gasteiger partial charge in [0.25, 0.3) is 0 Å². The van der Waals surface area contributed by atoms with Gasteiger partial charge in [0.1, 0.15) is 41.2 Å². The number of anilines is 1. The van der Waals surface area contributed by atoms with Crippen LogP contribution in [0, 0.1) is 11.3 Å². The van der Waals surface area contributed by atoms with Crippen molar-refractivity contribution in [1.29, 1.82) is 5.26 Å². The second-order valence-electron chi connectivity index (χ2n) is 6.62. The van der Waals surface area contributed by atoms with Crippen LogP contribution in [-0.2, 0) is 33.3 Å². The van der Waals surface area contributed by atoms with Crippen LogP contribution in [0.5, 0.6) is 0 Å². The second kappa shape index (κ2) is 8.86. The predicted molar refractivity (Wildman–Crippen MR) is 106 cm³/mol. The summed E-state index contributed by atoms with van der Waals surface area (Å²) in [5.41, 5.74) is 6.31. The number of hydrogen-bond acceptors (Lipinski definition) is 11. The molecule has 1 fully saturated rings. The van der Waals surface area contributed by atoms with E-state index in [4.69, 9.17) is 24.7 Å². The van der Waals surface area contributed by atoms with Crippen molar-refractivity contribution in [1.82, 2.24) is 14.5 Å². The lowest BCUT2D eigenvalue weighted by atomic mass is 10.1. The van der Waals surface area contributed by atoms with Crippen LogP contribution in [0.25, 0.3) is 11.0 Å². The average molecular weight is 496 g/mol. The Labute approximate surface area is 184 Å². The quantitative estimate of drug-likeness (QED) is 0.462. The van der Waals surface area contributed by atoms with Gasteiger partial charge in [0.05, 0.1) is 10.9 Å². The summed E-state index contributed by atoms with van der Waals surface area (Å²) in [6.45, 7) is 3.32. The second-order valence-corrected chi connectivity index (χ2v) is 7.37. The molecule has 13 heteroatoms. The minimum Gasteiger partial charge on any atom is -0.463 e. The highest BCUT2D eigenvalue weighted by molar-refractivity contribution is 9.10. The van der Waals surface area contributed by atoms with E-state index < -0.39 is 42.4 Å². The molecule has 2 aromatic rings. The number of carbonyl (C=O) groups excluding carboxylic acids is 3. The third kappa shape index (κ3) is 4.30. The van der Waals surface area contributed by atoms with E-state index in [-0.39, 0.29) is 33.6 Å². The number of halogens is 1. The molecule has 1 aliphatic heterocycles. The summed E-state index contributed by atoms with van der Waals surface area (Å²) in [5.74, 6) is -1.82. The van der Waals surface area contributed by atoms with Gasteiger partial charge in [0.2, 0.25) is 0 Å². The summed E-state index contributed by atoms with van der Waals surface area (Å²) in [5, 5.41) is 9.89. The number of nitrogen functional groups attached to an aromatic ring is 1. The first-order chi connectivity index (χ1) is 14.6. The standard InChI is InChI=1S/C18H18BrN5O7/c1-7(25)28-5-11-13(29-8(2)26)14(30-9(3)27)18(31-11)24-15(19)10(4-20)12-16(21)22-6-23-17(12)24/h6,11,13-14,18H,5H2,1-3H3,(H2,21,22,23)/t11-,13-,14-,18-/m1/s1. The van der Waals surface area contributed by atoms with Crippen molar-refractivity contribution in [3.63, 3.8) is 0 Å². The van der Waals surface area contributed by atoms with E-state index in [1.54, 1.807) is 0 Å². The summed E-state index contributed by atoms with van der Waals surface area (Å²) >= 11 is 3.35. The van der Waals surface area contributed by atoms with Crippen molar-refractivity contribution < 1.29 is 33.3 Å². The van der Waals surface area contributed by atoms with Crippen molar-refractivity contribution in [2.24, 2.45) is 0 Å². The molecule has 12 nitrogen and oxygen atoms in total. The molecule has 4 atom stereocenters. The molecule has 0 unspecified atom stereocenters. The maximum atomic E-state index is 11.8. The smallest absolute Gasteiger partial charge is 0.303 e. The lowest BCUT2D eigenvalue weighted by Crippen LogP contribution is -2.40. The fourth-order valence-corrected chi connectivity index (χ4v) is 4.02. The molecule has 0 spiro atoms. The van der Waals surface area contributed by atoms with Gasteiger partial charge in [-0.05, 0) is 15.9 Å². The van der Waals surface area contributed by atoms with Crippen molar-refractivity contribution in [3.8, 4) is 6.07 Å². The maximum Gasteiger partial charge on any atom is 0.303 e. The molecule has 1 aliphatic rings. The molecule has 2 aromatic heterocycles. The van der Waals surface area contributed by atoms with Crippen LogP contribution in [0.3, 0.4) is 0 Å². The van der Waals surface area contributed by atoms with Crippen molar-refractivity contribution in [2.45, 2.75) is 45.3 Å². The number of nitrogens with zero attached hydrogens (tertiary/aromatic N) is 4. The Balaban J connectivity index is 2.16. The molecule has 0 aromatic carbocycles. The molecule has 0 aliphatic carbocycles. The molecule has 0 amide bonds. The lowest BCUT2D eigenvalue weighted by Gasteiger charge is -2.24. The molecule has 0 saturated carbocycles. The number of hydrogen-bond donors (Lipinski definition) is 1. The SMILES string of the molecule is CC(=O)OC[C@H]1O[C@@H](n2c(Br)c(C#N)c3c(N)ncnc32)[C@H](OC(C)=O)[C@@H]1OC(C)=O. The van der Waals surface area contributed by atoms with Crippen molar-refractivity contribution in [3.05, 3.63) is 16.5 Å². The summed E-state index contributed by atoms with van der Waals surface area (Å²) in [7, 11) is 0. The summed E-state index contributed by atoms with van der Waals surface area (Å²) in [4.78, 5) is 42.9. The predicted octanol–water partition coefficient (Wildman–Crippen LogP) is 0.972. The van der Waals surface area contributed by atoms with E-state index >= 15 is 0 Å². The third-order valence-corrected chi connectivity index (χ3v) is 5.24. The van der Waals surface area contributed by atoms with E-state index in [2.05, 4.69) is 25.9 Å². The number of fused-ring (bicyclic) bond motifs is 1. The molecule has 0 radical (unpaired) electrons. The van der Waals surface area contributed by atoms with Gasteiger partial charge in [-0.3, -0.25) is 19.0 Å². The van der Waals surface area contributed by atoms with Gasteiger partial charge >= 0.3 is 17.9 Å². The number of carbonyl (C=O) groups is 3. The van der Waals surface area contributed by atoms with Gasteiger partial charge < -0.3 is 24.7 Å². The van der Waals surface area contributed by atoms with Gasteiger partial charge in [-0.2, -0.15) is 5.26 Å². The Morgan fingerprint density at radius 2 is 1.84 bits per heavy atom. The minimum absolute atomic E-state index is 0.0658. The van der Waals surface area contributed by atoms with Crippen LogP contribution in [0.2, 0.25) is 0 Å². The number of nitrogens with two attached hydrogens (primary N) is 1. The Bertz CT molecular complexity index is 1100. The van der Waals surface area contributed by atoms with Crippen molar-refractivity contribution >= 4 is 50.7 Å². The Hall–Kier alpha value is -3.24. The highest BCUT2D eigenvalue weighted by Crippen LogP contribution is 2.41. The molecular formula is C18H18BrN5O7. The molecule has 2 N–H and O–H groups in total. The van der Waals surface area contributed by atoms with Crippen LogP contribution in [-0.4, -0.2) is 57.4 Å². The van der Waals surface area contributed by atoms with Gasteiger partial charge in [-0.15, -0.1) is 0 Å². The van der Waals surface area contributed by atoms with E-state index in [0.717, 1.165) is 0 Å². The zero-order valence-electron chi connectivity index (χ0n) is 16.7. The largest absolute Gasteiger partial charge is 0.463 e. The van der Waals surface area contributed by atoms with Crippen LogP contribution in [0.15, 0.2) is 10.9 Å². The van der Waals surface area contributed by atoms with E-state index in [9.17, 15) is 19.6 Å². The molecule has 31 heavy (non-hydrogen) atoms. The van der Waals surface area contributed by atoms with E-state index in [1.165, 1.54) is 31.7 Å². The first-order valence-corrected chi connectivity index (χ1v) is 9.78. The topological polar surface area (TPSA) is 169 Å². The Morgan fingerprint density at radius 1 is 1.19 bits per heavy atom. The molecular weight excluding hydrogens is 478 g/mol. The van der Waals surface area contributed by atoms with Gasteiger partial charge in [0.15, 0.2) is 18.4 Å².